The molecule has 10 heteroatoms. The molecule has 0 saturated heterocycles. The summed E-state index contributed by atoms with van der Waals surface area (Å²) in [5.41, 5.74) is 1.71. The number of rotatable bonds is 15. The van der Waals surface area contributed by atoms with Crippen LogP contribution < -0.4 is 14.8 Å². The zero-order chi connectivity index (χ0) is 26.6. The van der Waals surface area contributed by atoms with E-state index in [9.17, 15) is 18.0 Å². The largest absolute Gasteiger partial charge is 0.497 e. The molecule has 1 atom stereocenters. The molecular weight excluding hydrogens is 482 g/mol. The van der Waals surface area contributed by atoms with Gasteiger partial charge < -0.3 is 19.7 Å². The van der Waals surface area contributed by atoms with Crippen LogP contribution in [0.4, 0.5) is 0 Å². The number of hydrogen-bond donors (Lipinski definition) is 2. The fourth-order valence-electron chi connectivity index (χ4n) is 3.59. The van der Waals surface area contributed by atoms with E-state index in [0.717, 1.165) is 11.1 Å². The lowest BCUT2D eigenvalue weighted by Crippen LogP contribution is -2.48. The van der Waals surface area contributed by atoms with Gasteiger partial charge in [0.1, 0.15) is 11.8 Å². The molecule has 2 rings (SSSR count). The molecule has 2 amide bonds. The summed E-state index contributed by atoms with van der Waals surface area (Å²) in [5, 5.41) is 2.87. The number of methoxy groups -OCH3 is 2. The van der Waals surface area contributed by atoms with Crippen LogP contribution in [-0.2, 0) is 37.3 Å². The fraction of sp³-hybridized carbons (Fsp3) is 0.462. The quantitative estimate of drug-likeness (QED) is 0.350. The minimum atomic E-state index is -3.53. The molecule has 198 valence electrons. The van der Waals surface area contributed by atoms with Crippen LogP contribution in [0.5, 0.6) is 5.75 Å². The van der Waals surface area contributed by atoms with Crippen LogP contribution in [0.2, 0.25) is 0 Å². The van der Waals surface area contributed by atoms with Crippen molar-refractivity contribution >= 4 is 21.8 Å². The summed E-state index contributed by atoms with van der Waals surface area (Å²) in [6.07, 6.45) is 1.28. The van der Waals surface area contributed by atoms with Gasteiger partial charge in [-0.3, -0.25) is 9.59 Å². The number of nitrogens with one attached hydrogen (secondary N) is 2. The maximum absolute atomic E-state index is 13.3. The van der Waals surface area contributed by atoms with Gasteiger partial charge in [-0.15, -0.1) is 0 Å². The van der Waals surface area contributed by atoms with Crippen molar-refractivity contribution < 1.29 is 27.5 Å². The molecule has 2 aromatic carbocycles. The molecule has 36 heavy (non-hydrogen) atoms. The third-order valence-corrected chi connectivity index (χ3v) is 7.26. The summed E-state index contributed by atoms with van der Waals surface area (Å²) < 4.78 is 37.0. The van der Waals surface area contributed by atoms with Crippen LogP contribution in [0.15, 0.2) is 53.4 Å². The van der Waals surface area contributed by atoms with Crippen molar-refractivity contribution in [1.29, 1.82) is 0 Å². The summed E-state index contributed by atoms with van der Waals surface area (Å²) in [4.78, 5) is 27.8. The van der Waals surface area contributed by atoms with Crippen LogP contribution in [-0.4, -0.2) is 65.1 Å². The average Bonchev–Trinajstić information content (AvgIpc) is 2.88. The molecule has 0 aliphatic carbocycles. The molecule has 0 radical (unpaired) electrons. The molecule has 0 fully saturated rings. The van der Waals surface area contributed by atoms with Crippen molar-refractivity contribution in [1.82, 2.24) is 14.9 Å². The SMILES string of the molecule is CCNS(=O)(=O)c1ccc(CCC(=O)N(Cc2ccc(OC)cc2)[C@H](C)C(=O)NCCCOC)cc1. The summed E-state index contributed by atoms with van der Waals surface area (Å²) in [6.45, 7) is 5.02. The van der Waals surface area contributed by atoms with E-state index in [4.69, 9.17) is 9.47 Å². The number of carbonyl (C=O) groups excluding carboxylic acids is 2. The van der Waals surface area contributed by atoms with Gasteiger partial charge in [-0.1, -0.05) is 31.2 Å². The number of amides is 2. The maximum Gasteiger partial charge on any atom is 0.242 e. The van der Waals surface area contributed by atoms with Gasteiger partial charge in [-0.05, 0) is 55.2 Å². The number of aryl methyl sites for hydroxylation is 1. The summed E-state index contributed by atoms with van der Waals surface area (Å²) >= 11 is 0. The van der Waals surface area contributed by atoms with Crippen LogP contribution in [0.25, 0.3) is 0 Å². The van der Waals surface area contributed by atoms with E-state index in [0.29, 0.717) is 38.3 Å². The van der Waals surface area contributed by atoms with Crippen molar-refractivity contribution in [2.45, 2.75) is 50.6 Å². The Morgan fingerprint density at radius 2 is 1.64 bits per heavy atom. The molecule has 2 aromatic rings. The molecular formula is C26H37N3O6S. The van der Waals surface area contributed by atoms with E-state index >= 15 is 0 Å². The molecule has 0 unspecified atom stereocenters. The molecule has 0 spiro atoms. The van der Waals surface area contributed by atoms with Gasteiger partial charge in [0.2, 0.25) is 21.8 Å². The molecule has 0 aliphatic rings. The van der Waals surface area contributed by atoms with Gasteiger partial charge in [0.25, 0.3) is 0 Å². The molecule has 0 saturated carbocycles. The first-order valence-corrected chi connectivity index (χ1v) is 13.5. The number of carbonyl (C=O) groups is 2. The minimum absolute atomic E-state index is 0.172. The highest BCUT2D eigenvalue weighted by atomic mass is 32.2. The van der Waals surface area contributed by atoms with Gasteiger partial charge >= 0.3 is 0 Å². The normalized spacial score (nSPS) is 12.1. The molecule has 0 aromatic heterocycles. The Hall–Kier alpha value is -2.95. The van der Waals surface area contributed by atoms with Gasteiger partial charge in [0.15, 0.2) is 0 Å². The molecule has 2 N–H and O–H groups in total. The van der Waals surface area contributed by atoms with E-state index in [1.165, 1.54) is 12.1 Å². The Labute approximate surface area is 214 Å². The lowest BCUT2D eigenvalue weighted by molar-refractivity contribution is -0.140. The fourth-order valence-corrected chi connectivity index (χ4v) is 4.63. The van der Waals surface area contributed by atoms with Crippen molar-refractivity contribution in [3.63, 3.8) is 0 Å². The van der Waals surface area contributed by atoms with Crippen LogP contribution in [0.1, 0.15) is 37.8 Å². The number of nitrogens with zero attached hydrogens (tertiary/aromatic N) is 1. The number of benzene rings is 2. The highest BCUT2D eigenvalue weighted by Gasteiger charge is 2.26. The first-order valence-electron chi connectivity index (χ1n) is 12.0. The summed E-state index contributed by atoms with van der Waals surface area (Å²) in [7, 11) is -0.338. The van der Waals surface area contributed by atoms with Gasteiger partial charge in [-0.25, -0.2) is 13.1 Å². The van der Waals surface area contributed by atoms with Crippen molar-refractivity contribution in [3.8, 4) is 5.75 Å². The van der Waals surface area contributed by atoms with E-state index in [1.54, 1.807) is 45.1 Å². The molecule has 0 heterocycles. The maximum atomic E-state index is 13.3. The van der Waals surface area contributed by atoms with Crippen molar-refractivity contribution in [2.75, 3.05) is 33.9 Å². The monoisotopic (exact) mass is 519 g/mol. The van der Waals surface area contributed by atoms with Crippen LogP contribution in [0, 0.1) is 0 Å². The topological polar surface area (TPSA) is 114 Å². The standard InChI is InChI=1S/C26H37N3O6S/c1-5-28-36(32,33)24-14-9-21(10-15-24)11-16-25(30)29(19-22-7-12-23(35-4)13-8-22)20(2)26(31)27-17-6-18-34-3/h7-10,12-15,20,28H,5-6,11,16-19H2,1-4H3,(H,27,31)/t20-/m1/s1. The van der Waals surface area contributed by atoms with E-state index in [-0.39, 0.29) is 29.7 Å². The van der Waals surface area contributed by atoms with Crippen LogP contribution >= 0.6 is 0 Å². The zero-order valence-electron chi connectivity index (χ0n) is 21.5. The van der Waals surface area contributed by atoms with Gasteiger partial charge in [0, 0.05) is 39.8 Å². The van der Waals surface area contributed by atoms with E-state index in [1.807, 2.05) is 24.3 Å². The second kappa shape index (κ2) is 14.6. The highest BCUT2D eigenvalue weighted by molar-refractivity contribution is 7.89. The lowest BCUT2D eigenvalue weighted by atomic mass is 10.1. The Morgan fingerprint density at radius 1 is 1.00 bits per heavy atom. The second-order valence-corrected chi connectivity index (χ2v) is 10.1. The van der Waals surface area contributed by atoms with E-state index < -0.39 is 16.1 Å². The lowest BCUT2D eigenvalue weighted by Gasteiger charge is -2.29. The Kier molecular flexibility index (Phi) is 11.9. The predicted molar refractivity (Wildman–Crippen MR) is 138 cm³/mol. The first-order chi connectivity index (χ1) is 17.2. The number of hydrogen-bond acceptors (Lipinski definition) is 6. The van der Waals surface area contributed by atoms with Gasteiger partial charge in [0.05, 0.1) is 12.0 Å². The number of sulfonamides is 1. The molecule has 9 nitrogen and oxygen atoms in total. The Morgan fingerprint density at radius 3 is 2.22 bits per heavy atom. The Balaban J connectivity index is 2.10. The molecule has 0 bridgehead atoms. The third-order valence-electron chi connectivity index (χ3n) is 5.70. The van der Waals surface area contributed by atoms with Crippen molar-refractivity contribution in [2.24, 2.45) is 0 Å². The van der Waals surface area contributed by atoms with Crippen LogP contribution in [0.3, 0.4) is 0 Å². The zero-order valence-corrected chi connectivity index (χ0v) is 22.3. The smallest absolute Gasteiger partial charge is 0.242 e. The third kappa shape index (κ3) is 8.92. The summed E-state index contributed by atoms with van der Waals surface area (Å²) in [5.74, 6) is 0.306. The molecule has 0 aliphatic heterocycles. The average molecular weight is 520 g/mol. The predicted octanol–water partition coefficient (Wildman–Crippen LogP) is 2.50. The highest BCUT2D eigenvalue weighted by Crippen LogP contribution is 2.17. The van der Waals surface area contributed by atoms with E-state index in [2.05, 4.69) is 10.0 Å². The summed E-state index contributed by atoms with van der Waals surface area (Å²) in [6, 6.07) is 13.2. The number of ether oxygens (including phenoxy) is 2. The van der Waals surface area contributed by atoms with Crippen molar-refractivity contribution in [3.05, 3.63) is 59.7 Å². The second-order valence-electron chi connectivity index (χ2n) is 8.33. The minimum Gasteiger partial charge on any atom is -0.497 e. The first kappa shape index (κ1) is 29.3. The van der Waals surface area contributed by atoms with Gasteiger partial charge in [-0.2, -0.15) is 0 Å². The Bertz CT molecular complexity index is 1070.